The first-order chi connectivity index (χ1) is 9.49. The van der Waals surface area contributed by atoms with Gasteiger partial charge < -0.3 is 14.4 Å². The minimum Gasteiger partial charge on any atom is -0.744 e. The van der Waals surface area contributed by atoms with Crippen molar-refractivity contribution in [3.05, 3.63) is 24.3 Å². The third-order valence-electron chi connectivity index (χ3n) is 2.95. The van der Waals surface area contributed by atoms with E-state index in [9.17, 15) is 18.1 Å². The molecule has 1 N–H and O–H groups in total. The summed E-state index contributed by atoms with van der Waals surface area (Å²) in [6.45, 7) is 8.32. The monoisotopic (exact) mass is 338 g/mol. The first-order valence-corrected chi connectivity index (χ1v) is 8.29. The molecule has 1 aromatic carbocycles. The van der Waals surface area contributed by atoms with E-state index in [0.29, 0.717) is 6.42 Å². The molecule has 0 radical (unpaired) electrons. The minimum atomic E-state index is -4.62. The van der Waals surface area contributed by atoms with Crippen LogP contribution in [0.5, 0.6) is 5.75 Å². The van der Waals surface area contributed by atoms with Gasteiger partial charge in [0.1, 0.15) is 15.9 Å². The van der Waals surface area contributed by atoms with Crippen LogP contribution in [0, 0.1) is 11.3 Å². The Morgan fingerprint density at radius 3 is 2.32 bits per heavy atom. The molecule has 0 saturated heterocycles. The number of benzene rings is 1. The van der Waals surface area contributed by atoms with Gasteiger partial charge >= 0.3 is 29.6 Å². The molecule has 0 amide bonds. The molecule has 0 aliphatic rings. The molecule has 0 aliphatic carbocycles. The molecule has 0 fully saturated rings. The first-order valence-electron chi connectivity index (χ1n) is 6.89. The number of aliphatic hydroxyl groups excluding tert-OH is 1. The summed E-state index contributed by atoms with van der Waals surface area (Å²) in [5.74, 6) is 0.0963. The largest absolute Gasteiger partial charge is 1.00 e. The fourth-order valence-electron chi connectivity index (χ4n) is 2.42. The van der Waals surface area contributed by atoms with Crippen molar-refractivity contribution < 1.29 is 52.4 Å². The van der Waals surface area contributed by atoms with Gasteiger partial charge in [0.15, 0.2) is 6.29 Å². The number of hydrogen-bond acceptors (Lipinski definition) is 5. The van der Waals surface area contributed by atoms with Gasteiger partial charge in [-0.3, -0.25) is 0 Å². The van der Waals surface area contributed by atoms with E-state index in [4.69, 9.17) is 4.74 Å². The topological polar surface area (TPSA) is 86.7 Å². The van der Waals surface area contributed by atoms with Gasteiger partial charge in [0.2, 0.25) is 0 Å². The van der Waals surface area contributed by atoms with Crippen LogP contribution >= 0.6 is 0 Å². The molecule has 22 heavy (non-hydrogen) atoms. The quantitative estimate of drug-likeness (QED) is 0.439. The van der Waals surface area contributed by atoms with Crippen molar-refractivity contribution in [1.82, 2.24) is 0 Å². The van der Waals surface area contributed by atoms with E-state index >= 15 is 0 Å². The van der Waals surface area contributed by atoms with Gasteiger partial charge in [0.05, 0.1) is 4.90 Å². The van der Waals surface area contributed by atoms with Crippen molar-refractivity contribution >= 4 is 10.1 Å². The molecule has 0 saturated carbocycles. The van der Waals surface area contributed by atoms with Crippen molar-refractivity contribution in [1.29, 1.82) is 0 Å². The predicted molar refractivity (Wildman–Crippen MR) is 78.9 cm³/mol. The van der Waals surface area contributed by atoms with Crippen LogP contribution in [0.15, 0.2) is 29.2 Å². The fraction of sp³-hybridized carbons (Fsp3) is 0.600. The standard InChI is InChI=1S/C15H24O5S.Na/c1-11(10-15(2,3)4)9-14(16)20-12-7-5-6-8-13(12)21(17,18)19;/h5-8,11,14,16H,9-10H2,1-4H3,(H,17,18,19);/q;+1/p-1. The minimum absolute atomic E-state index is 0. The van der Waals surface area contributed by atoms with E-state index in [1.165, 1.54) is 18.2 Å². The molecular formula is C15H23NaO5S. The van der Waals surface area contributed by atoms with Gasteiger partial charge in [-0.05, 0) is 29.9 Å². The van der Waals surface area contributed by atoms with E-state index in [0.717, 1.165) is 6.42 Å². The van der Waals surface area contributed by atoms with Gasteiger partial charge in [0, 0.05) is 6.42 Å². The summed E-state index contributed by atoms with van der Waals surface area (Å²) in [6.07, 6.45) is 0.115. The van der Waals surface area contributed by atoms with Gasteiger partial charge in [0.25, 0.3) is 0 Å². The maximum Gasteiger partial charge on any atom is 1.00 e. The summed E-state index contributed by atoms with van der Waals surface area (Å²) in [7, 11) is -4.62. The molecule has 2 atom stereocenters. The Hall–Kier alpha value is -0.110. The predicted octanol–water partition coefficient (Wildman–Crippen LogP) is -0.246. The number of ether oxygens (including phenoxy) is 1. The maximum atomic E-state index is 11.1. The number of rotatable bonds is 6. The zero-order valence-corrected chi connectivity index (χ0v) is 16.7. The normalized spacial score (nSPS) is 14.8. The zero-order valence-electron chi connectivity index (χ0n) is 13.9. The summed E-state index contributed by atoms with van der Waals surface area (Å²) >= 11 is 0. The smallest absolute Gasteiger partial charge is 0.744 e. The van der Waals surface area contributed by atoms with E-state index in [-0.39, 0.29) is 46.6 Å². The Bertz CT molecular complexity index is 566. The molecule has 0 spiro atoms. The molecule has 5 nitrogen and oxygen atoms in total. The summed E-state index contributed by atoms with van der Waals surface area (Å²) in [6, 6.07) is 5.52. The van der Waals surface area contributed by atoms with Crippen LogP contribution in [0.3, 0.4) is 0 Å². The van der Waals surface area contributed by atoms with Crippen molar-refractivity contribution in [2.75, 3.05) is 0 Å². The van der Waals surface area contributed by atoms with Crippen molar-refractivity contribution in [3.8, 4) is 5.75 Å². The number of hydrogen-bond donors (Lipinski definition) is 1. The fourth-order valence-corrected chi connectivity index (χ4v) is 3.03. The second kappa shape index (κ2) is 8.66. The molecule has 0 aromatic heterocycles. The molecular weight excluding hydrogens is 315 g/mol. The van der Waals surface area contributed by atoms with Crippen LogP contribution in [-0.4, -0.2) is 24.4 Å². The molecule has 1 rings (SSSR count). The van der Waals surface area contributed by atoms with Crippen LogP contribution in [-0.2, 0) is 10.1 Å². The van der Waals surface area contributed by atoms with E-state index in [2.05, 4.69) is 20.8 Å². The second-order valence-electron chi connectivity index (χ2n) is 6.58. The Morgan fingerprint density at radius 2 is 1.82 bits per heavy atom. The molecule has 0 aliphatic heterocycles. The SMILES string of the molecule is CC(CC(O)Oc1ccccc1S(=O)(=O)[O-])CC(C)(C)C.[Na+]. The molecule has 0 heterocycles. The summed E-state index contributed by atoms with van der Waals surface area (Å²) in [4.78, 5) is -0.451. The third kappa shape index (κ3) is 7.94. The van der Waals surface area contributed by atoms with Crippen LogP contribution in [0.4, 0.5) is 0 Å². The summed E-state index contributed by atoms with van der Waals surface area (Å²) in [5, 5.41) is 9.94. The first kappa shape index (κ1) is 21.9. The molecule has 2 unspecified atom stereocenters. The Kier molecular flexibility index (Phi) is 8.62. The van der Waals surface area contributed by atoms with Gasteiger partial charge in [-0.15, -0.1) is 0 Å². The zero-order chi connectivity index (χ0) is 16.3. The second-order valence-corrected chi connectivity index (χ2v) is 7.93. The number of para-hydroxylation sites is 1. The molecule has 120 valence electrons. The van der Waals surface area contributed by atoms with Gasteiger partial charge in [-0.1, -0.05) is 39.8 Å². The summed E-state index contributed by atoms with van der Waals surface area (Å²) in [5.41, 5.74) is 0.134. The Labute approximate surface area is 155 Å². The average Bonchev–Trinajstić information content (AvgIpc) is 2.24. The van der Waals surface area contributed by atoms with Crippen molar-refractivity contribution in [3.63, 3.8) is 0 Å². The van der Waals surface area contributed by atoms with E-state index < -0.39 is 21.3 Å². The third-order valence-corrected chi connectivity index (χ3v) is 3.82. The van der Waals surface area contributed by atoms with Crippen molar-refractivity contribution in [2.45, 2.75) is 51.7 Å². The molecule has 1 aromatic rings. The van der Waals surface area contributed by atoms with E-state index in [1.807, 2.05) is 6.92 Å². The van der Waals surface area contributed by atoms with Crippen LogP contribution in [0.2, 0.25) is 0 Å². The summed E-state index contributed by atoms with van der Waals surface area (Å²) < 4.78 is 38.6. The van der Waals surface area contributed by atoms with Gasteiger partial charge in [-0.2, -0.15) is 0 Å². The maximum absolute atomic E-state index is 11.1. The molecule has 7 heteroatoms. The Morgan fingerprint density at radius 1 is 1.27 bits per heavy atom. The van der Waals surface area contributed by atoms with Gasteiger partial charge in [-0.25, -0.2) is 8.42 Å². The van der Waals surface area contributed by atoms with E-state index in [1.54, 1.807) is 6.07 Å². The van der Waals surface area contributed by atoms with Crippen LogP contribution < -0.4 is 34.3 Å². The molecule has 0 bridgehead atoms. The Balaban J connectivity index is 0.00000441. The van der Waals surface area contributed by atoms with Crippen LogP contribution in [0.25, 0.3) is 0 Å². The van der Waals surface area contributed by atoms with Crippen LogP contribution in [0.1, 0.15) is 40.5 Å². The average molecular weight is 338 g/mol. The number of aliphatic hydroxyl groups is 1. The van der Waals surface area contributed by atoms with Crippen molar-refractivity contribution in [2.24, 2.45) is 11.3 Å².